The van der Waals surface area contributed by atoms with E-state index in [0.29, 0.717) is 0 Å². The lowest BCUT2D eigenvalue weighted by molar-refractivity contribution is 0.588. The molecule has 0 fully saturated rings. The maximum Gasteiger partial charge on any atom is 0.130 e. The molecule has 0 radical (unpaired) electrons. The molecule has 0 bridgehead atoms. The standard InChI is InChI=1S/C20H13N3/c1-23-19-11-7-3-6-10-17(19)18(12-15(13-21)14-22)20(23)16-8-4-2-5-9-16/h2-5,7-9,11-12,17H,1H3. The molecule has 0 N–H and O–H groups in total. The van der Waals surface area contributed by atoms with Gasteiger partial charge in [0.05, 0.1) is 11.6 Å². The third kappa shape index (κ3) is 2.55. The van der Waals surface area contributed by atoms with Crippen molar-refractivity contribution < 1.29 is 0 Å². The topological polar surface area (TPSA) is 50.8 Å². The van der Waals surface area contributed by atoms with Crippen LogP contribution in [0.3, 0.4) is 0 Å². The van der Waals surface area contributed by atoms with Crippen LogP contribution in [0.15, 0.2) is 71.5 Å². The largest absolute Gasteiger partial charge is 0.346 e. The van der Waals surface area contributed by atoms with Crippen molar-refractivity contribution in [3.05, 3.63) is 77.0 Å². The number of hydrogen-bond acceptors (Lipinski definition) is 3. The van der Waals surface area contributed by atoms with E-state index in [-0.39, 0.29) is 11.5 Å². The first-order valence-corrected chi connectivity index (χ1v) is 7.19. The Labute approximate surface area is 135 Å². The minimum Gasteiger partial charge on any atom is -0.346 e. The van der Waals surface area contributed by atoms with E-state index in [1.54, 1.807) is 12.2 Å². The maximum atomic E-state index is 9.12. The van der Waals surface area contributed by atoms with E-state index in [0.717, 1.165) is 22.5 Å². The summed E-state index contributed by atoms with van der Waals surface area (Å²) in [5.41, 5.74) is 4.04. The van der Waals surface area contributed by atoms with E-state index in [4.69, 9.17) is 10.5 Å². The van der Waals surface area contributed by atoms with Crippen LogP contribution in [0.25, 0.3) is 5.70 Å². The normalized spacial score (nSPS) is 18.0. The molecule has 0 spiro atoms. The van der Waals surface area contributed by atoms with Gasteiger partial charge in [0.25, 0.3) is 0 Å². The van der Waals surface area contributed by atoms with Crippen LogP contribution in [0.2, 0.25) is 0 Å². The molecule has 1 aromatic carbocycles. The summed E-state index contributed by atoms with van der Waals surface area (Å²) in [6.07, 6.45) is 7.39. The average molecular weight is 295 g/mol. The smallest absolute Gasteiger partial charge is 0.130 e. The number of fused-ring (bicyclic) bond motifs is 1. The van der Waals surface area contributed by atoms with Crippen molar-refractivity contribution in [3.63, 3.8) is 0 Å². The van der Waals surface area contributed by atoms with E-state index in [2.05, 4.69) is 16.7 Å². The number of allylic oxidation sites excluding steroid dienone is 6. The predicted molar refractivity (Wildman–Crippen MR) is 88.9 cm³/mol. The molecule has 0 saturated heterocycles. The number of benzene rings is 1. The zero-order valence-electron chi connectivity index (χ0n) is 12.6. The molecule has 23 heavy (non-hydrogen) atoms. The zero-order valence-corrected chi connectivity index (χ0v) is 12.6. The lowest BCUT2D eigenvalue weighted by Gasteiger charge is -2.19. The van der Waals surface area contributed by atoms with Crippen LogP contribution in [0, 0.1) is 40.4 Å². The molecule has 0 aromatic heterocycles. The van der Waals surface area contributed by atoms with Gasteiger partial charge in [-0.1, -0.05) is 48.2 Å². The van der Waals surface area contributed by atoms with Crippen molar-refractivity contribution in [1.29, 1.82) is 10.5 Å². The fourth-order valence-corrected chi connectivity index (χ4v) is 2.85. The summed E-state index contributed by atoms with van der Waals surface area (Å²) >= 11 is 0. The fourth-order valence-electron chi connectivity index (χ4n) is 2.85. The Morgan fingerprint density at radius 2 is 1.96 bits per heavy atom. The molecule has 3 rings (SSSR count). The van der Waals surface area contributed by atoms with Crippen molar-refractivity contribution in [2.75, 3.05) is 7.05 Å². The summed E-state index contributed by atoms with van der Waals surface area (Å²) in [5.74, 6) is 6.08. The first kappa shape index (κ1) is 14.5. The summed E-state index contributed by atoms with van der Waals surface area (Å²) in [5, 5.41) is 18.2. The van der Waals surface area contributed by atoms with Crippen LogP contribution in [0.1, 0.15) is 5.56 Å². The SMILES string of the molecule is CN1C2=CC=CC#CC2C(C=C(C#N)C#N)=C1c1ccccc1. The lowest BCUT2D eigenvalue weighted by Crippen LogP contribution is -2.13. The molecular formula is C20H13N3. The molecule has 1 heterocycles. The highest BCUT2D eigenvalue weighted by atomic mass is 15.1. The van der Waals surface area contributed by atoms with Crippen LogP contribution in [0.5, 0.6) is 0 Å². The van der Waals surface area contributed by atoms with Gasteiger partial charge in [-0.15, -0.1) is 0 Å². The van der Waals surface area contributed by atoms with E-state index in [1.807, 2.05) is 61.7 Å². The van der Waals surface area contributed by atoms with Gasteiger partial charge >= 0.3 is 0 Å². The predicted octanol–water partition coefficient (Wildman–Crippen LogP) is 3.39. The van der Waals surface area contributed by atoms with Gasteiger partial charge in [0.1, 0.15) is 17.7 Å². The van der Waals surface area contributed by atoms with Gasteiger partial charge in [-0.2, -0.15) is 10.5 Å². The van der Waals surface area contributed by atoms with Crippen molar-refractivity contribution in [2.45, 2.75) is 0 Å². The van der Waals surface area contributed by atoms with E-state index in [9.17, 15) is 0 Å². The Morgan fingerprint density at radius 1 is 1.22 bits per heavy atom. The first-order valence-electron chi connectivity index (χ1n) is 7.19. The van der Waals surface area contributed by atoms with Crippen molar-refractivity contribution in [3.8, 4) is 24.0 Å². The number of rotatable bonds is 2. The van der Waals surface area contributed by atoms with Gasteiger partial charge in [-0.25, -0.2) is 0 Å². The Morgan fingerprint density at radius 3 is 2.65 bits per heavy atom. The number of nitrogens with zero attached hydrogens (tertiary/aromatic N) is 3. The van der Waals surface area contributed by atoms with Gasteiger partial charge in [-0.3, -0.25) is 0 Å². The minimum atomic E-state index is -0.137. The highest BCUT2D eigenvalue weighted by Crippen LogP contribution is 2.42. The van der Waals surface area contributed by atoms with Crippen LogP contribution in [-0.2, 0) is 0 Å². The van der Waals surface area contributed by atoms with Gasteiger partial charge < -0.3 is 4.90 Å². The maximum absolute atomic E-state index is 9.12. The first-order chi connectivity index (χ1) is 11.3. The molecular weight excluding hydrogens is 282 g/mol. The summed E-state index contributed by atoms with van der Waals surface area (Å²) in [6.45, 7) is 0. The molecule has 0 amide bonds. The molecule has 1 aliphatic heterocycles. The summed E-state index contributed by atoms with van der Waals surface area (Å²) in [6, 6.07) is 13.8. The Balaban J connectivity index is 2.26. The third-order valence-corrected chi connectivity index (χ3v) is 3.87. The van der Waals surface area contributed by atoms with Gasteiger partial charge in [-0.05, 0) is 29.4 Å². The van der Waals surface area contributed by atoms with Crippen molar-refractivity contribution in [2.24, 2.45) is 5.92 Å². The lowest BCUT2D eigenvalue weighted by atomic mass is 9.95. The van der Waals surface area contributed by atoms with Crippen LogP contribution < -0.4 is 0 Å². The van der Waals surface area contributed by atoms with Crippen molar-refractivity contribution >= 4 is 5.70 Å². The van der Waals surface area contributed by atoms with Crippen LogP contribution in [-0.4, -0.2) is 11.9 Å². The molecule has 108 valence electrons. The summed E-state index contributed by atoms with van der Waals surface area (Å²) in [7, 11) is 1.99. The zero-order chi connectivity index (χ0) is 16.2. The average Bonchev–Trinajstić information content (AvgIpc) is 2.75. The highest BCUT2D eigenvalue weighted by molar-refractivity contribution is 5.78. The second-order valence-corrected chi connectivity index (χ2v) is 5.18. The van der Waals surface area contributed by atoms with E-state index in [1.165, 1.54) is 0 Å². The molecule has 3 heteroatoms. The van der Waals surface area contributed by atoms with Crippen LogP contribution in [0.4, 0.5) is 0 Å². The second kappa shape index (κ2) is 6.10. The van der Waals surface area contributed by atoms with E-state index < -0.39 is 0 Å². The molecule has 0 saturated carbocycles. The van der Waals surface area contributed by atoms with Gasteiger partial charge in [0.2, 0.25) is 0 Å². The van der Waals surface area contributed by atoms with E-state index >= 15 is 0 Å². The van der Waals surface area contributed by atoms with Crippen molar-refractivity contribution in [1.82, 2.24) is 4.90 Å². The third-order valence-electron chi connectivity index (χ3n) is 3.87. The molecule has 1 unspecified atom stereocenters. The summed E-state index contributed by atoms with van der Waals surface area (Å²) < 4.78 is 0. The fraction of sp³-hybridized carbons (Fsp3) is 0.100. The number of hydrogen-bond donors (Lipinski definition) is 0. The molecule has 1 aliphatic carbocycles. The van der Waals surface area contributed by atoms with Gasteiger partial charge in [0.15, 0.2) is 0 Å². The Kier molecular flexibility index (Phi) is 3.84. The Hall–Kier alpha value is -3.48. The molecule has 1 aromatic rings. The number of nitriles is 2. The highest BCUT2D eigenvalue weighted by Gasteiger charge is 2.33. The molecule has 2 aliphatic rings. The monoisotopic (exact) mass is 295 g/mol. The quantitative estimate of drug-likeness (QED) is 0.620. The molecule has 3 nitrogen and oxygen atoms in total. The Bertz CT molecular complexity index is 888. The second-order valence-electron chi connectivity index (χ2n) is 5.18. The van der Waals surface area contributed by atoms with Crippen LogP contribution >= 0.6 is 0 Å². The minimum absolute atomic E-state index is 0.0853. The van der Waals surface area contributed by atoms with Gasteiger partial charge in [0, 0.05) is 12.7 Å². The molecule has 1 atom stereocenters. The summed E-state index contributed by atoms with van der Waals surface area (Å²) in [4.78, 5) is 2.09.